The maximum Gasteiger partial charge on any atom is 0.264 e. The number of ether oxygens (including phenoxy) is 2. The van der Waals surface area contributed by atoms with E-state index in [2.05, 4.69) is 32.9 Å². The van der Waals surface area contributed by atoms with Crippen molar-refractivity contribution in [2.75, 3.05) is 46.2 Å². The Morgan fingerprint density at radius 2 is 1.57 bits per heavy atom. The van der Waals surface area contributed by atoms with Gasteiger partial charge in [-0.25, -0.2) is 0 Å². The molecule has 3 N–H and O–H groups in total. The van der Waals surface area contributed by atoms with E-state index in [4.69, 9.17) is 9.47 Å². The molecule has 9 rings (SSSR count). The third-order valence-electron chi connectivity index (χ3n) is 14.8. The number of nitrogens with zero attached hydrogens (tertiary/aromatic N) is 4. The Bertz CT molecular complexity index is 2580. The molecule has 1 saturated heterocycles. The smallest absolute Gasteiger partial charge is 0.264 e. The van der Waals surface area contributed by atoms with Crippen LogP contribution in [0.4, 0.5) is 5.69 Å². The number of pyridine rings is 2. The molecule has 2 aliphatic heterocycles. The molecule has 4 fully saturated rings. The molecule has 4 aromatic rings. The number of carbonyl (C=O) groups is 5. The van der Waals surface area contributed by atoms with Crippen LogP contribution in [0.25, 0.3) is 21.9 Å². The number of nitrogens with one attached hydrogen (secondary N) is 3. The first-order chi connectivity index (χ1) is 32.9. The quantitative estimate of drug-likeness (QED) is 0.0753. The summed E-state index contributed by atoms with van der Waals surface area (Å²) in [6.07, 6.45) is 20.1. The number of benzene rings is 2. The summed E-state index contributed by atoms with van der Waals surface area (Å²) in [5, 5.41) is 10.3. The zero-order valence-corrected chi connectivity index (χ0v) is 40.1. The molecular formula is C53H67N7O8. The molecule has 0 radical (unpaired) electrons. The Labute approximate surface area is 398 Å². The highest BCUT2D eigenvalue weighted by Gasteiger charge is 2.50. The van der Waals surface area contributed by atoms with Gasteiger partial charge in [0.2, 0.25) is 17.7 Å². The first-order valence-electron chi connectivity index (χ1n) is 24.6. The van der Waals surface area contributed by atoms with E-state index in [1.54, 1.807) is 56.4 Å². The molecule has 0 spiro atoms. The molecule has 362 valence electrons. The number of imide groups is 2. The predicted octanol–water partition coefficient (Wildman–Crippen LogP) is 7.39. The molecule has 4 heterocycles. The van der Waals surface area contributed by atoms with Crippen LogP contribution >= 0.6 is 0 Å². The van der Waals surface area contributed by atoms with Crippen molar-refractivity contribution in [3.05, 3.63) is 82.0 Å². The van der Waals surface area contributed by atoms with Crippen LogP contribution in [0.1, 0.15) is 129 Å². The monoisotopic (exact) mass is 930 g/mol. The summed E-state index contributed by atoms with van der Waals surface area (Å²) in [5.74, 6) is 0.411. The van der Waals surface area contributed by atoms with Gasteiger partial charge in [-0.15, -0.1) is 0 Å². The van der Waals surface area contributed by atoms with E-state index < -0.39 is 29.7 Å². The van der Waals surface area contributed by atoms with E-state index in [9.17, 15) is 28.8 Å². The molecule has 2 unspecified atom stereocenters. The van der Waals surface area contributed by atoms with Crippen molar-refractivity contribution in [2.24, 2.45) is 24.3 Å². The van der Waals surface area contributed by atoms with Crippen LogP contribution < -0.4 is 31.0 Å². The van der Waals surface area contributed by atoms with Crippen LogP contribution in [0, 0.1) is 17.3 Å². The van der Waals surface area contributed by atoms with Crippen LogP contribution in [-0.2, 0) is 28.0 Å². The van der Waals surface area contributed by atoms with E-state index in [0.717, 1.165) is 84.9 Å². The standard InChI is InChI=1S/C53H67N7O8/c1-58(32-41-44(67-3)25-36(26-45(41)68-4)40-33-59(2)49(63)39-30-54-24-21-37(39)40)31-35-16-11-8-6-5-7-10-15-34-27-53(28-34,29-35)52(66)56-23-13-9-12-22-55-42-18-14-17-38-47(42)51(65)60(50(38)64)43-19-20-46(61)57-48(43)62/h14,17-18,21,24-26,30,33-35,43,55H,5-13,15-16,19-20,22-23,27-29,31-32H2,1-4H3,(H,56,66)(H,57,61,62). The minimum absolute atomic E-state index is 0.0683. The largest absolute Gasteiger partial charge is 0.496 e. The number of aryl methyl sites for hydroxylation is 1. The zero-order valence-electron chi connectivity index (χ0n) is 40.1. The zero-order chi connectivity index (χ0) is 48.0. The third kappa shape index (κ3) is 10.3. The highest BCUT2D eigenvalue weighted by Crippen LogP contribution is 2.53. The number of fused-ring (bicyclic) bond motifs is 11. The molecule has 2 atom stereocenters. The summed E-state index contributed by atoms with van der Waals surface area (Å²) in [6.45, 7) is 2.58. The van der Waals surface area contributed by atoms with Crippen LogP contribution in [-0.4, -0.2) is 95.8 Å². The molecule has 2 aromatic carbocycles. The molecule has 68 heavy (non-hydrogen) atoms. The van der Waals surface area contributed by atoms with Crippen LogP contribution in [0.5, 0.6) is 11.5 Å². The second-order valence-electron chi connectivity index (χ2n) is 19.7. The lowest BCUT2D eigenvalue weighted by Gasteiger charge is -2.48. The number of methoxy groups -OCH3 is 2. The Morgan fingerprint density at radius 1 is 0.853 bits per heavy atom. The topological polar surface area (TPSA) is 181 Å². The summed E-state index contributed by atoms with van der Waals surface area (Å²) in [5.41, 5.74) is 3.27. The first kappa shape index (κ1) is 48.4. The lowest BCUT2D eigenvalue weighted by Crippen LogP contribution is -2.54. The van der Waals surface area contributed by atoms with Gasteiger partial charge in [0.1, 0.15) is 17.5 Å². The number of hydrogen-bond donors (Lipinski definition) is 3. The predicted molar refractivity (Wildman–Crippen MR) is 261 cm³/mol. The minimum atomic E-state index is -1.01. The van der Waals surface area contributed by atoms with Gasteiger partial charge in [0.05, 0.1) is 41.7 Å². The van der Waals surface area contributed by atoms with E-state index in [-0.39, 0.29) is 40.8 Å². The maximum atomic E-state index is 14.3. The Kier molecular flexibility index (Phi) is 15.3. The summed E-state index contributed by atoms with van der Waals surface area (Å²) in [6, 6.07) is 9.98. The van der Waals surface area contributed by atoms with Crippen LogP contribution in [0.15, 0.2) is 59.8 Å². The van der Waals surface area contributed by atoms with E-state index >= 15 is 0 Å². The van der Waals surface area contributed by atoms with Crippen molar-refractivity contribution < 1.29 is 33.4 Å². The molecular weight excluding hydrogens is 863 g/mol. The molecule has 3 aliphatic carbocycles. The molecule has 5 aliphatic rings. The van der Waals surface area contributed by atoms with Crippen molar-refractivity contribution >= 4 is 46.0 Å². The van der Waals surface area contributed by atoms with Gasteiger partial charge < -0.3 is 29.6 Å². The summed E-state index contributed by atoms with van der Waals surface area (Å²) in [4.78, 5) is 85.8. The molecule has 5 amide bonds. The number of piperidine rings is 1. The molecule has 2 bridgehead atoms. The number of hydrogen-bond acceptors (Lipinski definition) is 11. The number of amides is 5. The van der Waals surface area contributed by atoms with Crippen LogP contribution in [0.3, 0.4) is 0 Å². The highest BCUT2D eigenvalue weighted by molar-refractivity contribution is 6.25. The fraction of sp³-hybridized carbons (Fsp3) is 0.528. The van der Waals surface area contributed by atoms with E-state index in [1.807, 2.05) is 24.4 Å². The van der Waals surface area contributed by atoms with E-state index in [0.29, 0.717) is 54.0 Å². The first-order valence-corrected chi connectivity index (χ1v) is 24.6. The fourth-order valence-corrected chi connectivity index (χ4v) is 11.4. The normalized spacial score (nSPS) is 22.1. The number of anilines is 1. The summed E-state index contributed by atoms with van der Waals surface area (Å²) < 4.78 is 13.7. The Hall–Kier alpha value is -6.09. The Morgan fingerprint density at radius 3 is 2.31 bits per heavy atom. The lowest BCUT2D eigenvalue weighted by molar-refractivity contribution is -0.142. The number of unbranched alkanes of at least 4 members (excludes halogenated alkanes) is 2. The highest BCUT2D eigenvalue weighted by atomic mass is 16.5. The SMILES string of the molecule is COc1cc(-c2cn(C)c(=O)c3cnccc23)cc(OC)c1CN(C)CC1CCCCCCCCC2CC(C(=O)NCCCCCNc3cccc4c3C(=O)N(C3CCC(=O)NC3=O)C4=O)(C1)C2. The molecule has 15 nitrogen and oxygen atoms in total. The van der Waals surface area contributed by atoms with Crippen LogP contribution in [0.2, 0.25) is 0 Å². The van der Waals surface area contributed by atoms with Crippen molar-refractivity contribution in [2.45, 2.75) is 115 Å². The van der Waals surface area contributed by atoms with E-state index in [1.165, 1.54) is 38.5 Å². The van der Waals surface area contributed by atoms with Gasteiger partial charge in [0.25, 0.3) is 17.4 Å². The molecule has 3 saturated carbocycles. The summed E-state index contributed by atoms with van der Waals surface area (Å²) >= 11 is 0. The lowest BCUT2D eigenvalue weighted by atomic mass is 9.56. The van der Waals surface area contributed by atoms with Crippen molar-refractivity contribution in [1.29, 1.82) is 0 Å². The number of carbonyl (C=O) groups excluding carboxylic acids is 5. The average Bonchev–Trinajstić information content (AvgIpc) is 3.59. The van der Waals surface area contributed by atoms with Gasteiger partial charge in [-0.1, -0.05) is 51.0 Å². The second-order valence-corrected chi connectivity index (χ2v) is 19.7. The Balaban J connectivity index is 0.879. The number of rotatable bonds is 16. The van der Waals surface area contributed by atoms with Gasteiger partial charge in [-0.3, -0.25) is 44.0 Å². The number of aromatic nitrogens is 2. The van der Waals surface area contributed by atoms with Gasteiger partial charge in [-0.05, 0) is 112 Å². The minimum Gasteiger partial charge on any atom is -0.496 e. The average molecular weight is 930 g/mol. The van der Waals surface area contributed by atoms with Gasteiger partial charge >= 0.3 is 0 Å². The third-order valence-corrected chi connectivity index (χ3v) is 14.8. The van der Waals surface area contributed by atoms with Crippen molar-refractivity contribution in [1.82, 2.24) is 30.0 Å². The molecule has 15 heteroatoms. The van der Waals surface area contributed by atoms with Crippen molar-refractivity contribution in [3.63, 3.8) is 0 Å². The van der Waals surface area contributed by atoms with Gasteiger partial charge in [0.15, 0.2) is 0 Å². The van der Waals surface area contributed by atoms with Gasteiger partial charge in [0, 0.05) is 69.5 Å². The summed E-state index contributed by atoms with van der Waals surface area (Å²) in [7, 11) is 7.25. The molecule has 2 aromatic heterocycles. The van der Waals surface area contributed by atoms with Crippen molar-refractivity contribution in [3.8, 4) is 22.6 Å². The second kappa shape index (κ2) is 21.5. The van der Waals surface area contributed by atoms with Gasteiger partial charge in [-0.2, -0.15) is 0 Å². The fourth-order valence-electron chi connectivity index (χ4n) is 11.4. The maximum absolute atomic E-state index is 14.3.